The maximum absolute atomic E-state index is 13.2. The van der Waals surface area contributed by atoms with Crippen LogP contribution in [0.4, 0.5) is 26.3 Å². The topological polar surface area (TPSA) is 98.3 Å². The Kier molecular flexibility index (Phi) is 7.44. The summed E-state index contributed by atoms with van der Waals surface area (Å²) in [6, 6.07) is 7.12. The number of imidazole rings is 1. The van der Waals surface area contributed by atoms with E-state index in [2.05, 4.69) is 15.4 Å². The summed E-state index contributed by atoms with van der Waals surface area (Å²) in [6.45, 7) is 0.0387. The first-order valence-corrected chi connectivity index (χ1v) is 13.4. The van der Waals surface area contributed by atoms with E-state index in [-0.39, 0.29) is 38.5 Å². The molecule has 1 fully saturated rings. The number of carbonyl (C=O) groups excluding carboxylic acids is 1. The number of thiocarbonyl (C=S) groups is 1. The highest BCUT2D eigenvalue weighted by Crippen LogP contribution is 2.40. The number of fused-ring (bicyclic) bond motifs is 1. The van der Waals surface area contributed by atoms with Crippen LogP contribution in [0.3, 0.4) is 0 Å². The second-order valence-electron chi connectivity index (χ2n) is 8.60. The Hall–Kier alpha value is -3.73. The lowest BCUT2D eigenvalue weighted by Gasteiger charge is -2.14. The Bertz CT molecular complexity index is 1710. The molecule has 0 unspecified atom stereocenters. The number of H-pyrrole nitrogens is 1. The number of benzene rings is 2. The summed E-state index contributed by atoms with van der Waals surface area (Å²) in [6.07, 6.45) is -8.50. The third kappa shape index (κ3) is 6.14. The number of nitrogens with zero attached hydrogens (tertiary/aromatic N) is 2. The number of halogens is 6. The number of aromatic amines is 1. The summed E-state index contributed by atoms with van der Waals surface area (Å²) in [4.78, 5) is 32.0. The fourth-order valence-electron chi connectivity index (χ4n) is 3.87. The van der Waals surface area contributed by atoms with Crippen molar-refractivity contribution in [3.8, 4) is 11.1 Å². The average molecular weight is 629 g/mol. The first-order valence-electron chi connectivity index (χ1n) is 11.3. The second-order valence-corrected chi connectivity index (χ2v) is 11.2. The van der Waals surface area contributed by atoms with Crippen molar-refractivity contribution in [2.75, 3.05) is 0 Å². The minimum absolute atomic E-state index is 0.0387. The number of amides is 1. The Morgan fingerprint density at radius 1 is 1.05 bits per heavy atom. The van der Waals surface area contributed by atoms with Gasteiger partial charge in [0, 0.05) is 4.88 Å². The van der Waals surface area contributed by atoms with Gasteiger partial charge in [0.05, 0.1) is 39.2 Å². The number of aromatic carboxylic acids is 1. The van der Waals surface area contributed by atoms with Crippen LogP contribution in [0.5, 0.6) is 0 Å². The van der Waals surface area contributed by atoms with Gasteiger partial charge in [-0.3, -0.25) is 4.79 Å². The third-order valence-corrected chi connectivity index (χ3v) is 7.97. The maximum atomic E-state index is 13.2. The van der Waals surface area contributed by atoms with Crippen LogP contribution < -0.4 is 5.43 Å². The molecule has 41 heavy (non-hydrogen) atoms. The molecule has 16 heteroatoms. The molecule has 212 valence electrons. The highest BCUT2D eigenvalue weighted by atomic mass is 32.2. The smallest absolute Gasteiger partial charge is 0.416 e. The van der Waals surface area contributed by atoms with E-state index in [1.807, 2.05) is 0 Å². The number of thiophene rings is 1. The van der Waals surface area contributed by atoms with Crippen molar-refractivity contribution in [1.82, 2.24) is 20.4 Å². The van der Waals surface area contributed by atoms with Gasteiger partial charge in [0.1, 0.15) is 5.82 Å². The fourth-order valence-corrected chi connectivity index (χ4v) is 6.00. The number of hydrazine groups is 1. The van der Waals surface area contributed by atoms with Gasteiger partial charge in [-0.1, -0.05) is 24.0 Å². The van der Waals surface area contributed by atoms with Crippen LogP contribution in [-0.4, -0.2) is 36.3 Å². The SMILES string of the molecule is O=C(O)c1ccc2nc(CNN3C(=O)C(=Cc4cc(-c5cc(C(F)(F)F)cc(C(F)(F)F)c5)cs4)SC3=S)[nH]c2c1. The molecule has 3 N–H and O–H groups in total. The van der Waals surface area contributed by atoms with Gasteiger partial charge in [0.15, 0.2) is 4.32 Å². The van der Waals surface area contributed by atoms with Crippen molar-refractivity contribution >= 4 is 68.6 Å². The van der Waals surface area contributed by atoms with Crippen LogP contribution in [0.25, 0.3) is 28.2 Å². The zero-order valence-electron chi connectivity index (χ0n) is 20.1. The van der Waals surface area contributed by atoms with Gasteiger partial charge in [-0.25, -0.2) is 20.2 Å². The van der Waals surface area contributed by atoms with Crippen LogP contribution in [-0.2, 0) is 23.7 Å². The first kappa shape index (κ1) is 28.8. The van der Waals surface area contributed by atoms with Crippen LogP contribution in [0.2, 0.25) is 0 Å². The Morgan fingerprint density at radius 3 is 2.37 bits per heavy atom. The number of hydrogen-bond donors (Lipinski definition) is 3. The summed E-state index contributed by atoms with van der Waals surface area (Å²) in [5.41, 5.74) is 0.950. The fraction of sp³-hybridized carbons (Fsp3) is 0.120. The summed E-state index contributed by atoms with van der Waals surface area (Å²) in [5, 5.41) is 11.6. The molecule has 2 aromatic carbocycles. The first-order chi connectivity index (χ1) is 19.2. The van der Waals surface area contributed by atoms with Crippen LogP contribution in [0.1, 0.15) is 32.2 Å². The largest absolute Gasteiger partial charge is 0.478 e. The molecule has 3 heterocycles. The Labute approximate surface area is 239 Å². The Morgan fingerprint density at radius 2 is 1.73 bits per heavy atom. The number of carbonyl (C=O) groups is 2. The van der Waals surface area contributed by atoms with Crippen LogP contribution >= 0.6 is 35.3 Å². The maximum Gasteiger partial charge on any atom is 0.416 e. The van der Waals surface area contributed by atoms with Gasteiger partial charge in [-0.2, -0.15) is 26.3 Å². The molecule has 4 aromatic rings. The molecule has 0 spiro atoms. The summed E-state index contributed by atoms with van der Waals surface area (Å²) in [7, 11) is 0. The molecule has 0 bridgehead atoms. The molecule has 0 aliphatic carbocycles. The van der Waals surface area contributed by atoms with Crippen molar-refractivity contribution in [3.63, 3.8) is 0 Å². The molecule has 7 nitrogen and oxygen atoms in total. The molecule has 1 amide bonds. The van der Waals surface area contributed by atoms with E-state index in [0.29, 0.717) is 33.9 Å². The molecule has 1 saturated heterocycles. The number of alkyl halides is 6. The van der Waals surface area contributed by atoms with Crippen LogP contribution in [0, 0.1) is 0 Å². The molecule has 0 atom stereocenters. The van der Waals surface area contributed by atoms with Crippen molar-refractivity contribution in [3.05, 3.63) is 80.1 Å². The van der Waals surface area contributed by atoms with Crippen molar-refractivity contribution in [2.24, 2.45) is 0 Å². The lowest BCUT2D eigenvalue weighted by Crippen LogP contribution is -2.40. The number of aromatic nitrogens is 2. The monoisotopic (exact) mass is 628 g/mol. The molecule has 1 aliphatic heterocycles. The van der Waals surface area contributed by atoms with Gasteiger partial charge >= 0.3 is 18.3 Å². The zero-order valence-corrected chi connectivity index (χ0v) is 22.5. The molecule has 0 saturated carbocycles. The lowest BCUT2D eigenvalue weighted by atomic mass is 10.0. The number of thioether (sulfide) groups is 1. The second kappa shape index (κ2) is 10.6. The molecule has 2 aromatic heterocycles. The number of hydrogen-bond acceptors (Lipinski definition) is 7. The minimum atomic E-state index is -4.97. The number of rotatable bonds is 6. The lowest BCUT2D eigenvalue weighted by molar-refractivity contribution is -0.143. The van der Waals surface area contributed by atoms with Crippen molar-refractivity contribution in [1.29, 1.82) is 0 Å². The van der Waals surface area contributed by atoms with Crippen molar-refractivity contribution in [2.45, 2.75) is 18.9 Å². The van der Waals surface area contributed by atoms with Gasteiger partial charge < -0.3 is 10.1 Å². The van der Waals surface area contributed by atoms with E-state index in [9.17, 15) is 35.9 Å². The van der Waals surface area contributed by atoms with E-state index in [1.54, 1.807) is 6.07 Å². The van der Waals surface area contributed by atoms with Gasteiger partial charge in [-0.15, -0.1) is 11.3 Å². The summed E-state index contributed by atoms with van der Waals surface area (Å²) in [5.74, 6) is -1.20. The predicted octanol–water partition coefficient (Wildman–Crippen LogP) is 6.93. The van der Waals surface area contributed by atoms with E-state index in [1.165, 1.54) is 29.7 Å². The summed E-state index contributed by atoms with van der Waals surface area (Å²) < 4.78 is 79.7. The molecule has 5 rings (SSSR count). The van der Waals surface area contributed by atoms with E-state index in [4.69, 9.17) is 17.3 Å². The highest BCUT2D eigenvalue weighted by Gasteiger charge is 2.37. The number of carboxylic acids is 1. The highest BCUT2D eigenvalue weighted by molar-refractivity contribution is 8.26. The molecule has 1 aliphatic rings. The van der Waals surface area contributed by atoms with Gasteiger partial charge in [0.25, 0.3) is 5.91 Å². The standard InChI is InChI=1S/C25H14F6N4O3S3/c26-24(27,28)14-3-12(4-15(7-14)25(29,30)31)13-5-16(40-10-13)8-19-21(36)35(23(39)41-19)32-9-20-33-17-2-1-11(22(37)38)6-18(17)34-20/h1-8,10,32H,9H2,(H,33,34)(H,37,38). The third-order valence-electron chi connectivity index (χ3n) is 5.79. The normalized spacial score (nSPS) is 15.5. The average Bonchev–Trinajstić information content (AvgIpc) is 3.59. The van der Waals surface area contributed by atoms with E-state index in [0.717, 1.165) is 28.1 Å². The molecular formula is C25H14F6N4O3S3. The zero-order chi connectivity index (χ0) is 29.7. The van der Waals surface area contributed by atoms with Gasteiger partial charge in [-0.05, 0) is 65.0 Å². The van der Waals surface area contributed by atoms with E-state index < -0.39 is 35.4 Å². The molecule has 0 radical (unpaired) electrons. The van der Waals surface area contributed by atoms with Crippen LogP contribution in [0.15, 0.2) is 52.7 Å². The Balaban J connectivity index is 1.33. The van der Waals surface area contributed by atoms with E-state index >= 15 is 0 Å². The van der Waals surface area contributed by atoms with Crippen molar-refractivity contribution < 1.29 is 41.0 Å². The van der Waals surface area contributed by atoms with Gasteiger partial charge in [0.2, 0.25) is 0 Å². The number of carboxylic acid groups (broad SMARTS) is 1. The number of nitrogens with one attached hydrogen (secondary N) is 2. The summed E-state index contributed by atoms with van der Waals surface area (Å²) >= 11 is 7.27. The predicted molar refractivity (Wildman–Crippen MR) is 145 cm³/mol. The molecular weight excluding hydrogens is 614 g/mol. The quantitative estimate of drug-likeness (QED) is 0.121. The minimum Gasteiger partial charge on any atom is -0.478 e.